The average Bonchev–Trinajstić information content (AvgIpc) is 2.84. The first-order valence-corrected chi connectivity index (χ1v) is 11.3. The lowest BCUT2D eigenvalue weighted by molar-refractivity contribution is -0.114. The van der Waals surface area contributed by atoms with Crippen molar-refractivity contribution in [3.05, 3.63) is 18.2 Å². The van der Waals surface area contributed by atoms with E-state index >= 15 is 0 Å². The molecule has 0 aromatic heterocycles. The van der Waals surface area contributed by atoms with Crippen LogP contribution in [0.15, 0.2) is 23.1 Å². The standard InChI is InChI=1S/C15H23N3O7S2/c1-10(19)17-12-7-11(3-4-15(12)25-2)27(23,24)18(6-5-16)13-8-26(21,22)9-14(13)20/h3-4,7,13-14,20H,5-6,8-9,16H2,1-2H3,(H,17,19)/t13-,14+/m1/s1. The minimum atomic E-state index is -4.19. The highest BCUT2D eigenvalue weighted by molar-refractivity contribution is 7.92. The maximum atomic E-state index is 13.1. The molecule has 0 saturated carbocycles. The third kappa shape index (κ3) is 4.76. The Bertz CT molecular complexity index is 915. The van der Waals surface area contributed by atoms with Crippen LogP contribution in [0, 0.1) is 0 Å². The molecule has 0 bridgehead atoms. The second-order valence-electron chi connectivity index (χ2n) is 6.16. The molecular weight excluding hydrogens is 398 g/mol. The van der Waals surface area contributed by atoms with Crippen molar-refractivity contribution in [3.8, 4) is 5.75 Å². The topological polar surface area (TPSA) is 156 Å². The van der Waals surface area contributed by atoms with Gasteiger partial charge in [0.25, 0.3) is 0 Å². The molecule has 2 rings (SSSR count). The Morgan fingerprint density at radius 3 is 2.56 bits per heavy atom. The molecule has 0 radical (unpaired) electrons. The summed E-state index contributed by atoms with van der Waals surface area (Å²) < 4.78 is 55.8. The van der Waals surface area contributed by atoms with Gasteiger partial charge in [-0.1, -0.05) is 0 Å². The van der Waals surface area contributed by atoms with Crippen LogP contribution in [0.4, 0.5) is 5.69 Å². The molecule has 0 spiro atoms. The first-order valence-electron chi connectivity index (χ1n) is 8.08. The fourth-order valence-electron chi connectivity index (χ4n) is 2.95. The van der Waals surface area contributed by atoms with Crippen LogP contribution in [0.2, 0.25) is 0 Å². The zero-order valence-electron chi connectivity index (χ0n) is 15.0. The summed E-state index contributed by atoms with van der Waals surface area (Å²) in [7, 11) is -6.38. The molecule has 1 aliphatic heterocycles. The molecule has 27 heavy (non-hydrogen) atoms. The van der Waals surface area contributed by atoms with Gasteiger partial charge in [0, 0.05) is 20.0 Å². The number of ether oxygens (including phenoxy) is 1. The molecule has 1 fully saturated rings. The van der Waals surface area contributed by atoms with E-state index in [-0.39, 0.29) is 29.4 Å². The summed E-state index contributed by atoms with van der Waals surface area (Å²) >= 11 is 0. The fraction of sp³-hybridized carbons (Fsp3) is 0.533. The molecule has 10 nitrogen and oxygen atoms in total. The van der Waals surface area contributed by atoms with Crippen LogP contribution in [-0.2, 0) is 24.7 Å². The number of sulfone groups is 1. The highest BCUT2D eigenvalue weighted by Gasteiger charge is 2.44. The van der Waals surface area contributed by atoms with E-state index in [0.29, 0.717) is 0 Å². The number of nitrogens with two attached hydrogens (primary N) is 1. The number of anilines is 1. The van der Waals surface area contributed by atoms with Crippen molar-refractivity contribution in [3.63, 3.8) is 0 Å². The number of amides is 1. The van der Waals surface area contributed by atoms with E-state index in [0.717, 1.165) is 4.31 Å². The Hall–Kier alpha value is -1.73. The molecule has 2 atom stereocenters. The number of rotatable bonds is 7. The first-order chi connectivity index (χ1) is 12.5. The van der Waals surface area contributed by atoms with Crippen molar-refractivity contribution >= 4 is 31.5 Å². The monoisotopic (exact) mass is 421 g/mol. The minimum absolute atomic E-state index is 0.0583. The average molecular weight is 421 g/mol. The van der Waals surface area contributed by atoms with E-state index in [2.05, 4.69) is 5.32 Å². The van der Waals surface area contributed by atoms with Gasteiger partial charge >= 0.3 is 0 Å². The van der Waals surface area contributed by atoms with Crippen molar-refractivity contribution in [1.29, 1.82) is 0 Å². The summed E-state index contributed by atoms with van der Waals surface area (Å²) in [5.41, 5.74) is 5.66. The zero-order chi connectivity index (χ0) is 20.4. The number of hydrogen-bond donors (Lipinski definition) is 3. The fourth-order valence-corrected chi connectivity index (χ4v) is 6.54. The Balaban J connectivity index is 2.49. The zero-order valence-corrected chi connectivity index (χ0v) is 16.6. The maximum absolute atomic E-state index is 13.1. The van der Waals surface area contributed by atoms with E-state index in [9.17, 15) is 26.7 Å². The quantitative estimate of drug-likeness (QED) is 0.494. The molecule has 1 saturated heterocycles. The summed E-state index contributed by atoms with van der Waals surface area (Å²) in [6.45, 7) is 1.04. The number of nitrogens with zero attached hydrogens (tertiary/aromatic N) is 1. The maximum Gasteiger partial charge on any atom is 0.243 e. The molecule has 0 unspecified atom stereocenters. The number of aliphatic hydroxyl groups excluding tert-OH is 1. The second kappa shape index (κ2) is 8.10. The number of sulfonamides is 1. The van der Waals surface area contributed by atoms with Crippen LogP contribution in [0.3, 0.4) is 0 Å². The molecule has 1 amide bonds. The van der Waals surface area contributed by atoms with E-state index in [4.69, 9.17) is 10.5 Å². The lowest BCUT2D eigenvalue weighted by Crippen LogP contribution is -2.48. The van der Waals surface area contributed by atoms with Gasteiger partial charge in [-0.05, 0) is 18.2 Å². The van der Waals surface area contributed by atoms with Crippen molar-refractivity contribution in [2.24, 2.45) is 5.73 Å². The Kier molecular flexibility index (Phi) is 6.47. The van der Waals surface area contributed by atoms with E-state index in [1.807, 2.05) is 0 Å². The third-order valence-electron chi connectivity index (χ3n) is 4.10. The Morgan fingerprint density at radius 2 is 2.07 bits per heavy atom. The Morgan fingerprint density at radius 1 is 1.41 bits per heavy atom. The summed E-state index contributed by atoms with van der Waals surface area (Å²) in [5.74, 6) is -1.15. The van der Waals surface area contributed by atoms with Crippen molar-refractivity contribution in [2.45, 2.75) is 24.0 Å². The normalized spacial score (nSPS) is 22.0. The van der Waals surface area contributed by atoms with Crippen molar-refractivity contribution in [1.82, 2.24) is 4.31 Å². The number of nitrogens with one attached hydrogen (secondary N) is 1. The number of methoxy groups -OCH3 is 1. The van der Waals surface area contributed by atoms with Crippen molar-refractivity contribution < 1.29 is 31.5 Å². The predicted octanol–water partition coefficient (Wildman–Crippen LogP) is -1.24. The van der Waals surface area contributed by atoms with Crippen LogP contribution in [0.5, 0.6) is 5.75 Å². The first kappa shape index (κ1) is 21.6. The largest absolute Gasteiger partial charge is 0.495 e. The molecule has 0 aliphatic carbocycles. The lowest BCUT2D eigenvalue weighted by atomic mass is 10.2. The summed E-state index contributed by atoms with van der Waals surface area (Å²) in [6.07, 6.45) is -1.34. The second-order valence-corrected chi connectivity index (χ2v) is 10.2. The van der Waals surface area contributed by atoms with Crippen LogP contribution < -0.4 is 15.8 Å². The SMILES string of the molecule is COc1ccc(S(=O)(=O)N(CCN)[C@@H]2CS(=O)(=O)C[C@@H]2O)cc1NC(C)=O. The summed E-state index contributed by atoms with van der Waals surface area (Å²) in [4.78, 5) is 11.2. The predicted molar refractivity (Wildman–Crippen MR) is 98.7 cm³/mol. The van der Waals surface area contributed by atoms with Crippen molar-refractivity contribution in [2.75, 3.05) is 37.0 Å². The molecule has 1 aliphatic rings. The number of aliphatic hydroxyl groups is 1. The van der Waals surface area contributed by atoms with Crippen LogP contribution >= 0.6 is 0 Å². The molecule has 1 aromatic carbocycles. The van der Waals surface area contributed by atoms with Crippen LogP contribution in [0.25, 0.3) is 0 Å². The van der Waals surface area contributed by atoms with Gasteiger partial charge in [-0.2, -0.15) is 4.31 Å². The number of benzene rings is 1. The highest BCUT2D eigenvalue weighted by atomic mass is 32.2. The van der Waals surface area contributed by atoms with Gasteiger partial charge in [-0.25, -0.2) is 16.8 Å². The van der Waals surface area contributed by atoms with Crippen LogP contribution in [-0.4, -0.2) is 76.0 Å². The van der Waals surface area contributed by atoms with Gasteiger partial charge in [-0.3, -0.25) is 4.79 Å². The lowest BCUT2D eigenvalue weighted by Gasteiger charge is -2.29. The van der Waals surface area contributed by atoms with Gasteiger partial charge in [0.05, 0.1) is 41.3 Å². The van der Waals surface area contributed by atoms with E-state index in [1.165, 1.54) is 32.2 Å². The van der Waals surface area contributed by atoms with E-state index in [1.54, 1.807) is 0 Å². The molecule has 152 valence electrons. The molecule has 1 heterocycles. The number of carbonyl (C=O) groups is 1. The van der Waals surface area contributed by atoms with Gasteiger partial charge in [0.1, 0.15) is 5.75 Å². The summed E-state index contributed by atoms with van der Waals surface area (Å²) in [6, 6.07) is 2.74. The molecule has 4 N–H and O–H groups in total. The van der Waals surface area contributed by atoms with Gasteiger partial charge < -0.3 is 20.9 Å². The molecule has 12 heteroatoms. The van der Waals surface area contributed by atoms with Gasteiger partial charge in [-0.15, -0.1) is 0 Å². The number of hydrogen-bond acceptors (Lipinski definition) is 8. The van der Waals surface area contributed by atoms with E-state index < -0.39 is 49.4 Å². The summed E-state index contributed by atoms with van der Waals surface area (Å²) in [5, 5.41) is 12.6. The van der Waals surface area contributed by atoms with Crippen LogP contribution in [0.1, 0.15) is 6.92 Å². The third-order valence-corrected chi connectivity index (χ3v) is 7.72. The molecule has 1 aromatic rings. The Labute approximate surface area is 158 Å². The highest BCUT2D eigenvalue weighted by Crippen LogP contribution is 2.31. The van der Waals surface area contributed by atoms with Gasteiger partial charge in [0.2, 0.25) is 15.9 Å². The smallest absolute Gasteiger partial charge is 0.243 e. The molecular formula is C15H23N3O7S2. The van der Waals surface area contributed by atoms with Gasteiger partial charge in [0.15, 0.2) is 9.84 Å². The number of carbonyl (C=O) groups excluding carboxylic acids is 1. The minimum Gasteiger partial charge on any atom is -0.495 e.